The second-order valence-electron chi connectivity index (χ2n) is 15.8. The van der Waals surface area contributed by atoms with Gasteiger partial charge >= 0.3 is 24.1 Å². The number of unbranched alkanes of at least 4 members (excludes halogenated alkanes) is 19. The van der Waals surface area contributed by atoms with E-state index in [1.165, 1.54) is 64.2 Å². The van der Waals surface area contributed by atoms with Crippen molar-refractivity contribution in [2.24, 2.45) is 5.92 Å². The number of hydrogen-bond acceptors (Lipinski definition) is 10. The summed E-state index contributed by atoms with van der Waals surface area (Å²) in [7, 11) is 3.84. The molecule has 0 rings (SSSR count). The fraction of sp³-hybridized carbons (Fsp3) is 0.911. The largest absolute Gasteiger partial charge is 0.508 e. The van der Waals surface area contributed by atoms with Crippen LogP contribution in [0.3, 0.4) is 0 Å². The van der Waals surface area contributed by atoms with E-state index in [2.05, 4.69) is 20.8 Å². The Balaban J connectivity index is 4.63. The van der Waals surface area contributed by atoms with Crippen molar-refractivity contribution < 1.29 is 42.9 Å². The monoisotopic (exact) mass is 784 g/mol. The number of ether oxygens (including phenoxy) is 5. The van der Waals surface area contributed by atoms with Gasteiger partial charge in [-0.1, -0.05) is 143 Å². The number of rotatable bonds is 40. The highest BCUT2D eigenvalue weighted by atomic mass is 16.7. The molecule has 0 fully saturated rings. The highest BCUT2D eigenvalue weighted by Gasteiger charge is 2.18. The van der Waals surface area contributed by atoms with Gasteiger partial charge in [0.1, 0.15) is 12.7 Å². The van der Waals surface area contributed by atoms with E-state index in [1.54, 1.807) is 0 Å². The Hall–Kier alpha value is -2.36. The summed E-state index contributed by atoms with van der Waals surface area (Å²) in [4.78, 5) is 51.6. The summed E-state index contributed by atoms with van der Waals surface area (Å²) in [6.07, 6.45) is 27.4. The third-order valence-electron chi connectivity index (χ3n) is 10.0. The zero-order valence-electron chi connectivity index (χ0n) is 36.3. The molecule has 0 aromatic rings. The molecule has 0 aliphatic carbocycles. The third kappa shape index (κ3) is 38.3. The van der Waals surface area contributed by atoms with Gasteiger partial charge in [0, 0.05) is 38.1 Å². The second kappa shape index (κ2) is 39.9. The molecule has 324 valence electrons. The van der Waals surface area contributed by atoms with E-state index in [0.717, 1.165) is 89.9 Å². The van der Waals surface area contributed by atoms with E-state index in [0.29, 0.717) is 38.6 Å². The molecule has 10 heteroatoms. The fourth-order valence-electron chi connectivity index (χ4n) is 6.39. The number of hydrogen-bond donors (Lipinski definition) is 0. The molecular weight excluding hydrogens is 698 g/mol. The molecule has 0 aromatic carbocycles. The average Bonchev–Trinajstić information content (AvgIpc) is 3.15. The minimum Gasteiger partial charge on any atom is -0.466 e. The highest BCUT2D eigenvalue weighted by molar-refractivity contribution is 5.70. The van der Waals surface area contributed by atoms with Crippen molar-refractivity contribution in [3.63, 3.8) is 0 Å². The minimum absolute atomic E-state index is 0.0675. The first kappa shape index (κ1) is 52.6. The van der Waals surface area contributed by atoms with E-state index < -0.39 is 6.16 Å². The summed E-state index contributed by atoms with van der Waals surface area (Å²) in [6, 6.07) is 0. The molecule has 0 bridgehead atoms. The van der Waals surface area contributed by atoms with Crippen LogP contribution >= 0.6 is 0 Å². The van der Waals surface area contributed by atoms with Crippen molar-refractivity contribution >= 4 is 24.1 Å². The van der Waals surface area contributed by atoms with Crippen molar-refractivity contribution in [1.82, 2.24) is 4.90 Å². The molecule has 0 radical (unpaired) electrons. The molecular formula is C45H85NO9. The van der Waals surface area contributed by atoms with Crippen LogP contribution in [0.5, 0.6) is 0 Å². The quantitative estimate of drug-likeness (QED) is 0.0337. The SMILES string of the molecule is CCCCCCCCCCCCC(CCOC(=O)CCCCCC(COC(=O)CCCCCCC)COC(=O)CCCCCCC)OC(=O)OCCN(C)C. The van der Waals surface area contributed by atoms with Gasteiger partial charge in [0.05, 0.1) is 19.8 Å². The van der Waals surface area contributed by atoms with Crippen LogP contribution in [0.2, 0.25) is 0 Å². The summed E-state index contributed by atoms with van der Waals surface area (Å²) in [5, 5.41) is 0. The Morgan fingerprint density at radius 1 is 0.436 bits per heavy atom. The Morgan fingerprint density at radius 3 is 1.31 bits per heavy atom. The lowest BCUT2D eigenvalue weighted by molar-refractivity contribution is -0.149. The summed E-state index contributed by atoms with van der Waals surface area (Å²) < 4.78 is 27.6. The molecule has 0 aliphatic rings. The highest BCUT2D eigenvalue weighted by Crippen LogP contribution is 2.17. The minimum atomic E-state index is -0.669. The van der Waals surface area contributed by atoms with E-state index >= 15 is 0 Å². The predicted molar refractivity (Wildman–Crippen MR) is 222 cm³/mol. The first-order valence-corrected chi connectivity index (χ1v) is 22.7. The first-order chi connectivity index (χ1) is 26.7. The maximum atomic E-state index is 12.6. The van der Waals surface area contributed by atoms with Gasteiger partial charge in [-0.2, -0.15) is 0 Å². The summed E-state index contributed by atoms with van der Waals surface area (Å²) in [5.41, 5.74) is 0. The lowest BCUT2D eigenvalue weighted by Gasteiger charge is -2.18. The predicted octanol–water partition coefficient (Wildman–Crippen LogP) is 11.7. The summed E-state index contributed by atoms with van der Waals surface area (Å²) in [6.45, 7) is 8.15. The van der Waals surface area contributed by atoms with Crippen molar-refractivity contribution in [3.05, 3.63) is 0 Å². The molecule has 0 saturated heterocycles. The van der Waals surface area contributed by atoms with Gasteiger partial charge in [-0.05, 0) is 52.6 Å². The number of carbonyl (C=O) groups is 4. The van der Waals surface area contributed by atoms with Crippen LogP contribution in [0.4, 0.5) is 4.79 Å². The Kier molecular flexibility index (Phi) is 38.1. The second-order valence-corrected chi connectivity index (χ2v) is 15.8. The molecule has 1 atom stereocenters. The van der Waals surface area contributed by atoms with Gasteiger partial charge in [-0.25, -0.2) is 4.79 Å². The van der Waals surface area contributed by atoms with Crippen molar-refractivity contribution in [1.29, 1.82) is 0 Å². The standard InChI is InChI=1S/C45H85NO9/c1-6-9-12-15-16-17-18-19-22-25-30-41(55-45(50)52-37-35-46(4)5)34-36-51-42(47)31-28-23-24-29-40(38-53-43(48)32-26-20-13-10-7-2)39-54-44(49)33-27-21-14-11-8-3/h40-41H,6-39H2,1-5H3. The maximum absolute atomic E-state index is 12.6. The third-order valence-corrected chi connectivity index (χ3v) is 10.0. The van der Waals surface area contributed by atoms with Gasteiger partial charge in [0.25, 0.3) is 0 Å². The van der Waals surface area contributed by atoms with E-state index in [1.807, 2.05) is 19.0 Å². The molecule has 1 unspecified atom stereocenters. The number of likely N-dealkylation sites (N-methyl/N-ethyl adjacent to an activating group) is 1. The van der Waals surface area contributed by atoms with E-state index in [9.17, 15) is 19.2 Å². The van der Waals surface area contributed by atoms with Gasteiger partial charge in [-0.15, -0.1) is 0 Å². The number of esters is 3. The fourth-order valence-corrected chi connectivity index (χ4v) is 6.39. The molecule has 10 nitrogen and oxygen atoms in total. The zero-order valence-corrected chi connectivity index (χ0v) is 36.3. The molecule has 0 aromatic heterocycles. The van der Waals surface area contributed by atoms with Gasteiger partial charge in [0.2, 0.25) is 0 Å². The van der Waals surface area contributed by atoms with E-state index in [-0.39, 0.29) is 56.4 Å². The smallest absolute Gasteiger partial charge is 0.466 e. The van der Waals surface area contributed by atoms with Crippen LogP contribution in [-0.2, 0) is 38.1 Å². The lowest BCUT2D eigenvalue weighted by Crippen LogP contribution is -2.25. The van der Waals surface area contributed by atoms with Gasteiger partial charge in [-0.3, -0.25) is 14.4 Å². The summed E-state index contributed by atoms with van der Waals surface area (Å²) >= 11 is 0. The zero-order chi connectivity index (χ0) is 40.6. The van der Waals surface area contributed by atoms with E-state index in [4.69, 9.17) is 23.7 Å². The van der Waals surface area contributed by atoms with Crippen LogP contribution in [0.15, 0.2) is 0 Å². The Labute approximate surface area is 337 Å². The lowest BCUT2D eigenvalue weighted by atomic mass is 10.0. The average molecular weight is 784 g/mol. The molecule has 0 saturated carbocycles. The van der Waals surface area contributed by atoms with Crippen molar-refractivity contribution in [2.75, 3.05) is 47.1 Å². The van der Waals surface area contributed by atoms with Crippen LogP contribution in [0, 0.1) is 5.92 Å². The molecule has 0 heterocycles. The Morgan fingerprint density at radius 2 is 0.836 bits per heavy atom. The van der Waals surface area contributed by atoms with Crippen LogP contribution in [-0.4, -0.2) is 82.1 Å². The molecule has 55 heavy (non-hydrogen) atoms. The number of nitrogens with zero attached hydrogens (tertiary/aromatic N) is 1. The first-order valence-electron chi connectivity index (χ1n) is 22.7. The molecule has 0 aliphatic heterocycles. The van der Waals surface area contributed by atoms with Crippen molar-refractivity contribution in [3.8, 4) is 0 Å². The van der Waals surface area contributed by atoms with Crippen LogP contribution in [0.25, 0.3) is 0 Å². The molecule has 0 N–H and O–H groups in total. The molecule has 0 spiro atoms. The van der Waals surface area contributed by atoms with Gasteiger partial charge < -0.3 is 28.6 Å². The van der Waals surface area contributed by atoms with Crippen LogP contribution < -0.4 is 0 Å². The molecule has 0 amide bonds. The van der Waals surface area contributed by atoms with Crippen LogP contribution in [0.1, 0.15) is 207 Å². The van der Waals surface area contributed by atoms with Crippen molar-refractivity contribution in [2.45, 2.75) is 213 Å². The number of carbonyl (C=O) groups excluding carboxylic acids is 4. The summed E-state index contributed by atoms with van der Waals surface area (Å²) in [5.74, 6) is -0.710. The Bertz CT molecular complexity index is 883. The normalized spacial score (nSPS) is 11.8. The maximum Gasteiger partial charge on any atom is 0.508 e. The topological polar surface area (TPSA) is 118 Å². The van der Waals surface area contributed by atoms with Gasteiger partial charge in [0.15, 0.2) is 0 Å².